The molecule has 5 rings (SSSR count). The Hall–Kier alpha value is -3.60. The number of hydrogen-bond acceptors (Lipinski definition) is 5. The maximum absolute atomic E-state index is 13.0. The second-order valence-corrected chi connectivity index (χ2v) is 12.4. The van der Waals surface area contributed by atoms with E-state index in [1.54, 1.807) is 42.5 Å². The summed E-state index contributed by atoms with van der Waals surface area (Å²) in [4.78, 5) is 12.8. The van der Waals surface area contributed by atoms with Crippen LogP contribution in [-0.2, 0) is 24.8 Å². The van der Waals surface area contributed by atoms with Gasteiger partial charge in [0, 0.05) is 34.7 Å². The third-order valence-electron chi connectivity index (χ3n) is 5.99. The highest BCUT2D eigenvalue weighted by molar-refractivity contribution is 7.93. The summed E-state index contributed by atoms with van der Waals surface area (Å²) in [6.07, 6.45) is 0.406. The van der Waals surface area contributed by atoms with E-state index in [9.17, 15) is 21.6 Å². The summed E-state index contributed by atoms with van der Waals surface area (Å²) in [7, 11) is -7.48. The van der Waals surface area contributed by atoms with E-state index in [1.165, 1.54) is 28.6 Å². The molecule has 0 atom stereocenters. The van der Waals surface area contributed by atoms with Crippen molar-refractivity contribution in [2.75, 3.05) is 20.9 Å². The lowest BCUT2D eigenvalue weighted by Gasteiger charge is -2.18. The standard InChI is InChI=1S/C26H22ClN3O5S2/c27-19-9-11-21(12-10-19)29-36(32,33)22-15-13-20(14-16-22)28-25(31)8-3-17-30-23-6-1-4-18-5-2-7-24(26(18)23)37(30,34)35/h1-2,4-7,9-16,29H,3,8,17H2,(H,28,31). The Balaban J connectivity index is 1.19. The Morgan fingerprint density at radius 1 is 0.865 bits per heavy atom. The van der Waals surface area contributed by atoms with Crippen LogP contribution < -0.4 is 14.3 Å². The molecule has 1 amide bonds. The summed E-state index contributed by atoms with van der Waals surface area (Å²) >= 11 is 5.83. The molecule has 0 spiro atoms. The summed E-state index contributed by atoms with van der Waals surface area (Å²) in [6, 6.07) is 22.7. The normalized spacial score (nSPS) is 14.0. The second-order valence-electron chi connectivity index (χ2n) is 8.50. The minimum absolute atomic E-state index is 0.0356. The average molecular weight is 556 g/mol. The molecule has 0 aromatic heterocycles. The highest BCUT2D eigenvalue weighted by Crippen LogP contribution is 2.42. The van der Waals surface area contributed by atoms with Gasteiger partial charge in [-0.2, -0.15) is 0 Å². The zero-order valence-electron chi connectivity index (χ0n) is 19.4. The Bertz CT molecular complexity index is 1700. The van der Waals surface area contributed by atoms with Crippen LogP contribution in [0, 0.1) is 0 Å². The minimum Gasteiger partial charge on any atom is -0.326 e. The van der Waals surface area contributed by atoms with Gasteiger partial charge in [0.25, 0.3) is 20.0 Å². The fourth-order valence-electron chi connectivity index (χ4n) is 4.26. The quantitative estimate of drug-likeness (QED) is 0.309. The Morgan fingerprint density at radius 3 is 2.22 bits per heavy atom. The van der Waals surface area contributed by atoms with Gasteiger partial charge in [-0.1, -0.05) is 35.9 Å². The first-order valence-corrected chi connectivity index (χ1v) is 14.7. The fourth-order valence-corrected chi connectivity index (χ4v) is 7.19. The van der Waals surface area contributed by atoms with Gasteiger partial charge in [-0.25, -0.2) is 16.8 Å². The zero-order valence-corrected chi connectivity index (χ0v) is 21.8. The van der Waals surface area contributed by atoms with Crippen molar-refractivity contribution in [2.24, 2.45) is 0 Å². The van der Waals surface area contributed by atoms with Crippen molar-refractivity contribution in [1.82, 2.24) is 0 Å². The minimum atomic E-state index is -3.81. The van der Waals surface area contributed by atoms with Crippen molar-refractivity contribution < 1.29 is 21.6 Å². The zero-order chi connectivity index (χ0) is 26.2. The van der Waals surface area contributed by atoms with Crippen LogP contribution in [0.1, 0.15) is 12.8 Å². The van der Waals surface area contributed by atoms with Gasteiger partial charge in [0.2, 0.25) is 5.91 Å². The van der Waals surface area contributed by atoms with Crippen LogP contribution in [0.4, 0.5) is 17.1 Å². The number of amides is 1. The lowest BCUT2D eigenvalue weighted by Crippen LogP contribution is -2.28. The molecule has 1 aliphatic rings. The van der Waals surface area contributed by atoms with Crippen molar-refractivity contribution in [2.45, 2.75) is 22.6 Å². The second kappa shape index (κ2) is 9.70. The van der Waals surface area contributed by atoms with Crippen LogP contribution in [0.25, 0.3) is 10.8 Å². The first-order chi connectivity index (χ1) is 17.6. The van der Waals surface area contributed by atoms with Crippen molar-refractivity contribution in [3.05, 3.63) is 90.0 Å². The molecular weight excluding hydrogens is 534 g/mol. The van der Waals surface area contributed by atoms with E-state index in [1.807, 2.05) is 18.2 Å². The van der Waals surface area contributed by atoms with Gasteiger partial charge >= 0.3 is 0 Å². The molecule has 0 unspecified atom stereocenters. The summed E-state index contributed by atoms with van der Waals surface area (Å²) in [5.41, 5.74) is 1.43. The molecule has 4 aromatic carbocycles. The molecule has 0 saturated heterocycles. The molecule has 8 nitrogen and oxygen atoms in total. The molecule has 0 radical (unpaired) electrons. The van der Waals surface area contributed by atoms with E-state index >= 15 is 0 Å². The fraction of sp³-hybridized carbons (Fsp3) is 0.115. The van der Waals surface area contributed by atoms with Crippen LogP contribution in [0.3, 0.4) is 0 Å². The number of carbonyl (C=O) groups excluding carboxylic acids is 1. The summed E-state index contributed by atoms with van der Waals surface area (Å²) in [5, 5.41) is 4.77. The van der Waals surface area contributed by atoms with Gasteiger partial charge in [-0.05, 0) is 72.5 Å². The van der Waals surface area contributed by atoms with Crippen LogP contribution in [0.2, 0.25) is 5.02 Å². The lowest BCUT2D eigenvalue weighted by molar-refractivity contribution is -0.116. The lowest BCUT2D eigenvalue weighted by atomic mass is 10.1. The highest BCUT2D eigenvalue weighted by Gasteiger charge is 2.35. The monoisotopic (exact) mass is 555 g/mol. The number of benzene rings is 4. The van der Waals surface area contributed by atoms with Gasteiger partial charge in [0.1, 0.15) is 0 Å². The molecule has 0 saturated carbocycles. The molecule has 1 heterocycles. The molecule has 0 fully saturated rings. The third-order valence-corrected chi connectivity index (χ3v) is 9.50. The molecule has 0 aliphatic carbocycles. The van der Waals surface area contributed by atoms with E-state index < -0.39 is 20.0 Å². The Kier molecular flexibility index (Phi) is 6.57. The van der Waals surface area contributed by atoms with E-state index in [0.29, 0.717) is 33.9 Å². The van der Waals surface area contributed by atoms with Crippen molar-refractivity contribution in [1.29, 1.82) is 0 Å². The number of anilines is 3. The van der Waals surface area contributed by atoms with Gasteiger partial charge in [-0.3, -0.25) is 13.8 Å². The van der Waals surface area contributed by atoms with E-state index in [-0.39, 0.29) is 28.7 Å². The third kappa shape index (κ3) is 5.00. The van der Waals surface area contributed by atoms with Crippen LogP contribution in [0.5, 0.6) is 0 Å². The topological polar surface area (TPSA) is 113 Å². The molecule has 190 valence electrons. The maximum atomic E-state index is 13.0. The molecule has 11 heteroatoms. The summed E-state index contributed by atoms with van der Waals surface area (Å²) < 4.78 is 55.1. The maximum Gasteiger partial charge on any atom is 0.265 e. The van der Waals surface area contributed by atoms with Gasteiger partial charge in [-0.15, -0.1) is 0 Å². The first-order valence-electron chi connectivity index (χ1n) is 11.4. The molecule has 2 N–H and O–H groups in total. The van der Waals surface area contributed by atoms with Crippen LogP contribution in [-0.4, -0.2) is 29.3 Å². The number of nitrogens with one attached hydrogen (secondary N) is 2. The van der Waals surface area contributed by atoms with E-state index in [2.05, 4.69) is 10.0 Å². The highest BCUT2D eigenvalue weighted by atomic mass is 35.5. The van der Waals surface area contributed by atoms with Gasteiger partial charge < -0.3 is 5.32 Å². The predicted octanol–water partition coefficient (Wildman–Crippen LogP) is 5.22. The van der Waals surface area contributed by atoms with Crippen molar-refractivity contribution in [3.8, 4) is 0 Å². The SMILES string of the molecule is O=C(CCCN1c2cccc3cccc(c23)S1(=O)=O)Nc1ccc(S(=O)(=O)Nc2ccc(Cl)cc2)cc1. The average Bonchev–Trinajstić information content (AvgIpc) is 3.09. The van der Waals surface area contributed by atoms with Crippen LogP contribution in [0.15, 0.2) is 94.7 Å². The predicted molar refractivity (Wildman–Crippen MR) is 145 cm³/mol. The Morgan fingerprint density at radius 2 is 1.51 bits per heavy atom. The molecule has 4 aromatic rings. The van der Waals surface area contributed by atoms with Gasteiger partial charge in [0.05, 0.1) is 15.5 Å². The van der Waals surface area contributed by atoms with Gasteiger partial charge in [0.15, 0.2) is 0 Å². The summed E-state index contributed by atoms with van der Waals surface area (Å²) in [5.74, 6) is -0.304. The largest absolute Gasteiger partial charge is 0.326 e. The molecule has 1 aliphatic heterocycles. The number of nitrogens with zero attached hydrogens (tertiary/aromatic N) is 1. The molecule has 0 bridgehead atoms. The van der Waals surface area contributed by atoms with Crippen molar-refractivity contribution >= 4 is 65.4 Å². The number of rotatable bonds is 8. The van der Waals surface area contributed by atoms with E-state index in [0.717, 1.165) is 5.39 Å². The first kappa shape index (κ1) is 25.1. The smallest absolute Gasteiger partial charge is 0.265 e. The number of sulfonamides is 2. The summed E-state index contributed by atoms with van der Waals surface area (Å²) in [6.45, 7) is 0.164. The molecule has 37 heavy (non-hydrogen) atoms. The number of hydrogen-bond donors (Lipinski definition) is 2. The van der Waals surface area contributed by atoms with Crippen LogP contribution >= 0.6 is 11.6 Å². The molecular formula is C26H22ClN3O5S2. The van der Waals surface area contributed by atoms with E-state index in [4.69, 9.17) is 11.6 Å². The van der Waals surface area contributed by atoms with Crippen molar-refractivity contribution in [3.63, 3.8) is 0 Å². The Labute approximate surface area is 220 Å². The number of carbonyl (C=O) groups is 1. The number of halogens is 1.